The first-order valence-corrected chi connectivity index (χ1v) is 5.41. The van der Waals surface area contributed by atoms with Crippen molar-refractivity contribution in [3.63, 3.8) is 0 Å². The Labute approximate surface area is 91.9 Å². The van der Waals surface area contributed by atoms with Crippen molar-refractivity contribution < 1.29 is 0 Å². The lowest BCUT2D eigenvalue weighted by Crippen LogP contribution is -2.17. The average Bonchev–Trinajstić information content (AvgIpc) is 2.28. The Morgan fingerprint density at radius 1 is 1.47 bits per heavy atom. The third-order valence-electron chi connectivity index (χ3n) is 2.50. The molecule has 1 rings (SSSR count). The highest BCUT2D eigenvalue weighted by Crippen LogP contribution is 2.21. The summed E-state index contributed by atoms with van der Waals surface area (Å²) < 4.78 is 0. The fourth-order valence-electron chi connectivity index (χ4n) is 1.46. The van der Waals surface area contributed by atoms with Crippen molar-refractivity contribution in [2.75, 3.05) is 11.9 Å². The molecule has 0 fully saturated rings. The lowest BCUT2D eigenvalue weighted by Gasteiger charge is -2.22. The molecule has 1 heterocycles. The van der Waals surface area contributed by atoms with E-state index in [0.717, 1.165) is 36.3 Å². The number of anilines is 1. The lowest BCUT2D eigenvalue weighted by molar-refractivity contribution is 0.855. The van der Waals surface area contributed by atoms with Crippen molar-refractivity contribution >= 4 is 5.69 Å². The monoisotopic (exact) mass is 205 g/mol. The zero-order chi connectivity index (χ0) is 11.3. The maximum Gasteiger partial charge on any atom is 0.115 e. The lowest BCUT2D eigenvalue weighted by atomic mass is 10.2. The minimum absolute atomic E-state index is 0.941. The van der Waals surface area contributed by atoms with E-state index in [1.165, 1.54) is 0 Å². The average molecular weight is 205 g/mol. The number of aryl methyl sites for hydroxylation is 1. The second-order valence-electron chi connectivity index (χ2n) is 3.58. The minimum Gasteiger partial charge on any atom is -0.346 e. The highest BCUT2D eigenvalue weighted by Gasteiger charge is 2.09. The van der Waals surface area contributed by atoms with Gasteiger partial charge in [0.05, 0.1) is 17.6 Å². The maximum atomic E-state index is 4.31. The van der Waals surface area contributed by atoms with Gasteiger partial charge < -0.3 is 4.90 Å². The predicted octanol–water partition coefficient (Wildman–Crippen LogP) is 2.79. The second kappa shape index (κ2) is 5.49. The van der Waals surface area contributed by atoms with Crippen LogP contribution in [0.2, 0.25) is 0 Å². The summed E-state index contributed by atoms with van der Waals surface area (Å²) in [7, 11) is 2.02. The second-order valence-corrected chi connectivity index (χ2v) is 3.58. The minimum atomic E-state index is 0.941. The molecular formula is C12H19N3. The summed E-state index contributed by atoms with van der Waals surface area (Å²) >= 11 is 0. The van der Waals surface area contributed by atoms with E-state index >= 15 is 0 Å². The first kappa shape index (κ1) is 11.7. The molecule has 3 nitrogen and oxygen atoms in total. The van der Waals surface area contributed by atoms with Crippen molar-refractivity contribution in [3.8, 4) is 0 Å². The standard InChI is InChI=1S/C12H19N3/c1-5-7-11-12(8-13-9-14-11)15(4)10(3)6-2/h8-9H,3,5-7H2,1-2,4H3. The van der Waals surface area contributed by atoms with Crippen LogP contribution in [0.5, 0.6) is 0 Å². The molecule has 0 saturated carbocycles. The Balaban J connectivity index is 2.96. The molecule has 0 atom stereocenters. The Kier molecular flexibility index (Phi) is 4.28. The first-order valence-electron chi connectivity index (χ1n) is 5.41. The van der Waals surface area contributed by atoms with Crippen LogP contribution in [-0.2, 0) is 6.42 Å². The number of rotatable bonds is 5. The Morgan fingerprint density at radius 3 is 2.80 bits per heavy atom. The van der Waals surface area contributed by atoms with Crippen molar-refractivity contribution in [1.29, 1.82) is 0 Å². The molecule has 1 aromatic heterocycles. The van der Waals surface area contributed by atoms with Gasteiger partial charge >= 0.3 is 0 Å². The van der Waals surface area contributed by atoms with Crippen LogP contribution in [-0.4, -0.2) is 17.0 Å². The zero-order valence-corrected chi connectivity index (χ0v) is 9.82. The molecule has 0 saturated heterocycles. The topological polar surface area (TPSA) is 29.0 Å². The summed E-state index contributed by atoms with van der Waals surface area (Å²) in [6.07, 6.45) is 6.49. The van der Waals surface area contributed by atoms with Crippen LogP contribution in [0.3, 0.4) is 0 Å². The fraction of sp³-hybridized carbons (Fsp3) is 0.500. The number of nitrogens with zero attached hydrogens (tertiary/aromatic N) is 3. The summed E-state index contributed by atoms with van der Waals surface area (Å²) in [5.74, 6) is 0. The van der Waals surface area contributed by atoms with Gasteiger partial charge in [0.25, 0.3) is 0 Å². The highest BCUT2D eigenvalue weighted by molar-refractivity contribution is 5.52. The molecule has 82 valence electrons. The van der Waals surface area contributed by atoms with Gasteiger partial charge in [-0.1, -0.05) is 26.8 Å². The molecule has 0 unspecified atom stereocenters. The highest BCUT2D eigenvalue weighted by atomic mass is 15.1. The van der Waals surface area contributed by atoms with Gasteiger partial charge in [-0.05, 0) is 12.8 Å². The van der Waals surface area contributed by atoms with E-state index in [2.05, 4.69) is 35.3 Å². The van der Waals surface area contributed by atoms with E-state index in [1.54, 1.807) is 6.33 Å². The van der Waals surface area contributed by atoms with Gasteiger partial charge in [-0.15, -0.1) is 0 Å². The molecule has 0 N–H and O–H groups in total. The van der Waals surface area contributed by atoms with Crippen molar-refractivity contribution in [2.45, 2.75) is 33.1 Å². The van der Waals surface area contributed by atoms with E-state index in [0.29, 0.717) is 0 Å². The molecule has 0 aromatic carbocycles. The van der Waals surface area contributed by atoms with Crippen LogP contribution in [0.1, 0.15) is 32.4 Å². The van der Waals surface area contributed by atoms with E-state index < -0.39 is 0 Å². The molecule has 0 spiro atoms. The Hall–Kier alpha value is -1.38. The van der Waals surface area contributed by atoms with Gasteiger partial charge in [0.15, 0.2) is 0 Å². The van der Waals surface area contributed by atoms with Crippen molar-refractivity contribution in [1.82, 2.24) is 9.97 Å². The molecule has 15 heavy (non-hydrogen) atoms. The molecule has 1 aromatic rings. The fourth-order valence-corrected chi connectivity index (χ4v) is 1.46. The summed E-state index contributed by atoms with van der Waals surface area (Å²) in [5, 5.41) is 0. The SMILES string of the molecule is C=C(CC)N(C)c1cncnc1CCC. The maximum absolute atomic E-state index is 4.31. The van der Waals surface area contributed by atoms with Crippen LogP contribution in [0, 0.1) is 0 Å². The number of aromatic nitrogens is 2. The first-order chi connectivity index (χ1) is 7.20. The Bertz CT molecular complexity index is 333. The van der Waals surface area contributed by atoms with E-state index in [9.17, 15) is 0 Å². The molecule has 0 amide bonds. The molecule has 3 heteroatoms. The van der Waals surface area contributed by atoms with Crippen molar-refractivity contribution in [2.24, 2.45) is 0 Å². The molecule has 0 aliphatic rings. The van der Waals surface area contributed by atoms with Gasteiger partial charge in [-0.2, -0.15) is 0 Å². The van der Waals surface area contributed by atoms with Gasteiger partial charge in [0.2, 0.25) is 0 Å². The van der Waals surface area contributed by atoms with Crippen LogP contribution in [0.15, 0.2) is 24.8 Å². The summed E-state index contributed by atoms with van der Waals surface area (Å²) in [4.78, 5) is 10.5. The van der Waals surface area contributed by atoms with E-state index in [-0.39, 0.29) is 0 Å². The van der Waals surface area contributed by atoms with Gasteiger partial charge in [0.1, 0.15) is 6.33 Å². The van der Waals surface area contributed by atoms with Crippen LogP contribution < -0.4 is 4.90 Å². The largest absolute Gasteiger partial charge is 0.346 e. The van der Waals surface area contributed by atoms with Crippen LogP contribution in [0.25, 0.3) is 0 Å². The molecular weight excluding hydrogens is 186 g/mol. The normalized spacial score (nSPS) is 10.1. The number of hydrogen-bond acceptors (Lipinski definition) is 3. The quantitative estimate of drug-likeness (QED) is 0.740. The summed E-state index contributed by atoms with van der Waals surface area (Å²) in [6.45, 7) is 8.27. The van der Waals surface area contributed by atoms with E-state index in [1.807, 2.05) is 13.2 Å². The van der Waals surface area contributed by atoms with Gasteiger partial charge in [-0.3, -0.25) is 0 Å². The van der Waals surface area contributed by atoms with E-state index in [4.69, 9.17) is 0 Å². The van der Waals surface area contributed by atoms with Crippen molar-refractivity contribution in [3.05, 3.63) is 30.5 Å². The summed E-state index contributed by atoms with van der Waals surface area (Å²) in [6, 6.07) is 0. The third-order valence-corrected chi connectivity index (χ3v) is 2.50. The third kappa shape index (κ3) is 2.78. The van der Waals surface area contributed by atoms with Crippen LogP contribution >= 0.6 is 0 Å². The number of hydrogen-bond donors (Lipinski definition) is 0. The predicted molar refractivity (Wildman–Crippen MR) is 63.9 cm³/mol. The molecule has 0 aliphatic heterocycles. The molecule has 0 aliphatic carbocycles. The van der Waals surface area contributed by atoms with Crippen LogP contribution in [0.4, 0.5) is 5.69 Å². The Morgan fingerprint density at radius 2 is 2.20 bits per heavy atom. The summed E-state index contributed by atoms with van der Waals surface area (Å²) in [5.41, 5.74) is 3.26. The van der Waals surface area contributed by atoms with Gasteiger partial charge in [-0.25, -0.2) is 9.97 Å². The number of allylic oxidation sites excluding steroid dienone is 1. The smallest absolute Gasteiger partial charge is 0.115 e. The van der Waals surface area contributed by atoms with Gasteiger partial charge in [0, 0.05) is 12.7 Å². The molecule has 0 bridgehead atoms. The molecule has 0 radical (unpaired) electrons. The zero-order valence-electron chi connectivity index (χ0n) is 9.82.